The first-order valence-corrected chi connectivity index (χ1v) is 8.76. The molecule has 0 unspecified atom stereocenters. The number of halogens is 3. The molecule has 1 heterocycles. The number of rotatable bonds is 4. The van der Waals surface area contributed by atoms with E-state index in [9.17, 15) is 18.0 Å². The summed E-state index contributed by atoms with van der Waals surface area (Å²) in [5.41, 5.74) is -0.907. The molecule has 6 nitrogen and oxygen atoms in total. The summed E-state index contributed by atoms with van der Waals surface area (Å²) in [7, 11) is 0. The maximum Gasteiger partial charge on any atom is 0.418 e. The van der Waals surface area contributed by atoms with Crippen molar-refractivity contribution in [1.82, 2.24) is 15.5 Å². The summed E-state index contributed by atoms with van der Waals surface area (Å²) in [6.07, 6.45) is 0.836. The Morgan fingerprint density at radius 3 is 2.30 bits per heavy atom. The minimum Gasteiger partial charge on any atom is -0.338 e. The molecule has 3 N–H and O–H groups in total. The lowest BCUT2D eigenvalue weighted by molar-refractivity contribution is -0.136. The third-order valence-electron chi connectivity index (χ3n) is 4.34. The first-order valence-electron chi connectivity index (χ1n) is 8.76. The molecular formula is C18H20F3N5O. The monoisotopic (exact) mass is 379 g/mol. The molecule has 1 aromatic carbocycles. The molecule has 2 aromatic rings. The minimum absolute atomic E-state index is 0.116. The van der Waals surface area contributed by atoms with Crippen LogP contribution in [0.15, 0.2) is 36.4 Å². The van der Waals surface area contributed by atoms with Crippen LogP contribution in [-0.2, 0) is 6.18 Å². The summed E-state index contributed by atoms with van der Waals surface area (Å²) >= 11 is 0. The molecule has 1 aromatic heterocycles. The van der Waals surface area contributed by atoms with Crippen LogP contribution in [0.1, 0.15) is 37.7 Å². The number of aromatic nitrogens is 2. The molecule has 9 heteroatoms. The molecule has 2 amide bonds. The predicted octanol–water partition coefficient (Wildman–Crippen LogP) is 4.69. The van der Waals surface area contributed by atoms with Crippen molar-refractivity contribution in [3.63, 3.8) is 0 Å². The summed E-state index contributed by atoms with van der Waals surface area (Å²) in [4.78, 5) is 12.0. The summed E-state index contributed by atoms with van der Waals surface area (Å²) in [6, 6.07) is 7.84. The average Bonchev–Trinajstić information content (AvgIpc) is 2.64. The van der Waals surface area contributed by atoms with E-state index in [0.29, 0.717) is 0 Å². The Balaban J connectivity index is 1.60. The fourth-order valence-electron chi connectivity index (χ4n) is 3.03. The van der Waals surface area contributed by atoms with E-state index < -0.39 is 11.7 Å². The van der Waals surface area contributed by atoms with Gasteiger partial charge in [0.2, 0.25) is 0 Å². The van der Waals surface area contributed by atoms with Gasteiger partial charge in [-0.25, -0.2) is 4.79 Å². The molecular weight excluding hydrogens is 359 g/mol. The second kappa shape index (κ2) is 8.24. The van der Waals surface area contributed by atoms with Crippen LogP contribution in [-0.4, -0.2) is 22.3 Å². The van der Waals surface area contributed by atoms with Gasteiger partial charge in [-0.15, -0.1) is 10.2 Å². The van der Waals surface area contributed by atoms with E-state index in [-0.39, 0.29) is 29.4 Å². The molecule has 1 saturated carbocycles. The van der Waals surface area contributed by atoms with Crippen molar-refractivity contribution in [3.05, 3.63) is 42.0 Å². The van der Waals surface area contributed by atoms with Crippen molar-refractivity contribution in [2.75, 3.05) is 10.6 Å². The Kier molecular flexibility index (Phi) is 5.78. The second-order valence-corrected chi connectivity index (χ2v) is 6.41. The minimum atomic E-state index is -4.48. The lowest BCUT2D eigenvalue weighted by Crippen LogP contribution is -2.39. The first-order chi connectivity index (χ1) is 12.9. The number of nitrogens with zero attached hydrogens (tertiary/aromatic N) is 2. The van der Waals surface area contributed by atoms with Crippen LogP contribution < -0.4 is 16.0 Å². The summed E-state index contributed by atoms with van der Waals surface area (Å²) in [5, 5.41) is 15.7. The molecule has 0 saturated heterocycles. The van der Waals surface area contributed by atoms with Crippen molar-refractivity contribution < 1.29 is 18.0 Å². The van der Waals surface area contributed by atoms with Crippen molar-refractivity contribution in [2.45, 2.75) is 44.3 Å². The highest BCUT2D eigenvalue weighted by molar-refractivity contribution is 5.88. The molecule has 0 spiro atoms. The van der Waals surface area contributed by atoms with Crippen LogP contribution in [0.25, 0.3) is 0 Å². The number of carbonyl (C=O) groups excluding carboxylic acids is 1. The molecule has 1 aliphatic carbocycles. The molecule has 0 atom stereocenters. The van der Waals surface area contributed by atoms with Crippen molar-refractivity contribution in [2.24, 2.45) is 0 Å². The van der Waals surface area contributed by atoms with Crippen molar-refractivity contribution in [3.8, 4) is 0 Å². The predicted molar refractivity (Wildman–Crippen MR) is 95.8 cm³/mol. The average molecular weight is 379 g/mol. The highest BCUT2D eigenvalue weighted by atomic mass is 19.4. The smallest absolute Gasteiger partial charge is 0.338 e. The normalized spacial score (nSPS) is 15.2. The van der Waals surface area contributed by atoms with Gasteiger partial charge in [0, 0.05) is 6.04 Å². The van der Waals surface area contributed by atoms with Crippen LogP contribution in [0.5, 0.6) is 0 Å². The van der Waals surface area contributed by atoms with E-state index in [1.807, 2.05) is 0 Å². The summed E-state index contributed by atoms with van der Waals surface area (Å²) in [5.74, 6) is 0.364. The second-order valence-electron chi connectivity index (χ2n) is 6.41. The van der Waals surface area contributed by atoms with E-state index in [1.54, 1.807) is 0 Å². The van der Waals surface area contributed by atoms with E-state index >= 15 is 0 Å². The third kappa shape index (κ3) is 5.32. The standard InChI is InChI=1S/C18H20F3N5O/c19-18(20,21)13-8-4-5-9-14(13)23-15-10-11-16(26-25-15)24-17(27)22-12-6-2-1-3-7-12/h4-5,8-12H,1-3,6-7H2,(H,23,25)(H2,22,24,26,27). The zero-order chi connectivity index (χ0) is 19.3. The fourth-order valence-corrected chi connectivity index (χ4v) is 3.03. The Labute approximate surface area is 154 Å². The number of amides is 2. The summed E-state index contributed by atoms with van der Waals surface area (Å²) in [6.45, 7) is 0. The molecule has 27 heavy (non-hydrogen) atoms. The van der Waals surface area contributed by atoms with Gasteiger partial charge >= 0.3 is 12.2 Å². The highest BCUT2D eigenvalue weighted by Gasteiger charge is 2.33. The Morgan fingerprint density at radius 1 is 0.963 bits per heavy atom. The number of carbonyl (C=O) groups is 1. The molecule has 3 rings (SSSR count). The molecule has 144 valence electrons. The van der Waals surface area contributed by atoms with Gasteiger partial charge in [-0.2, -0.15) is 13.2 Å². The SMILES string of the molecule is O=C(Nc1ccc(Nc2ccccc2C(F)(F)F)nn1)NC1CCCCC1. The van der Waals surface area contributed by atoms with Gasteiger partial charge in [0.25, 0.3) is 0 Å². The summed E-state index contributed by atoms with van der Waals surface area (Å²) < 4.78 is 39.1. The Morgan fingerprint density at radius 2 is 1.63 bits per heavy atom. The van der Waals surface area contributed by atoms with Gasteiger partial charge in [-0.3, -0.25) is 5.32 Å². The van der Waals surface area contributed by atoms with E-state index in [2.05, 4.69) is 26.1 Å². The number of urea groups is 1. The fraction of sp³-hybridized carbons (Fsp3) is 0.389. The van der Waals surface area contributed by atoms with Crippen LogP contribution >= 0.6 is 0 Å². The van der Waals surface area contributed by atoms with Crippen LogP contribution in [0.3, 0.4) is 0 Å². The number of para-hydroxylation sites is 1. The number of hydrogen-bond acceptors (Lipinski definition) is 4. The number of anilines is 3. The zero-order valence-corrected chi connectivity index (χ0v) is 14.5. The van der Waals surface area contributed by atoms with Crippen LogP contribution in [0, 0.1) is 0 Å². The quantitative estimate of drug-likeness (QED) is 0.720. The van der Waals surface area contributed by atoms with Gasteiger partial charge in [-0.05, 0) is 37.1 Å². The molecule has 0 aliphatic heterocycles. The maximum atomic E-state index is 13.0. The lowest BCUT2D eigenvalue weighted by Gasteiger charge is -2.22. The topological polar surface area (TPSA) is 78.9 Å². The molecule has 0 bridgehead atoms. The molecule has 1 aliphatic rings. The number of nitrogens with one attached hydrogen (secondary N) is 3. The number of alkyl halides is 3. The van der Waals surface area contributed by atoms with Crippen molar-refractivity contribution in [1.29, 1.82) is 0 Å². The van der Waals surface area contributed by atoms with Crippen LogP contribution in [0.4, 0.5) is 35.3 Å². The Bertz CT molecular complexity index is 773. The van der Waals surface area contributed by atoms with Crippen LogP contribution in [0.2, 0.25) is 0 Å². The van der Waals surface area contributed by atoms with Gasteiger partial charge in [0.1, 0.15) is 0 Å². The largest absolute Gasteiger partial charge is 0.418 e. The van der Waals surface area contributed by atoms with E-state index in [0.717, 1.165) is 31.7 Å². The Hall–Kier alpha value is -2.84. The van der Waals surface area contributed by atoms with Gasteiger partial charge in [0.05, 0.1) is 11.3 Å². The van der Waals surface area contributed by atoms with Crippen molar-refractivity contribution >= 4 is 23.4 Å². The third-order valence-corrected chi connectivity index (χ3v) is 4.34. The van der Waals surface area contributed by atoms with Gasteiger partial charge in [-0.1, -0.05) is 31.4 Å². The zero-order valence-electron chi connectivity index (χ0n) is 14.5. The number of hydrogen-bond donors (Lipinski definition) is 3. The number of benzene rings is 1. The highest BCUT2D eigenvalue weighted by Crippen LogP contribution is 2.35. The first kappa shape index (κ1) is 18.9. The van der Waals surface area contributed by atoms with Gasteiger partial charge in [0.15, 0.2) is 11.6 Å². The lowest BCUT2D eigenvalue weighted by atomic mass is 9.96. The molecule has 0 radical (unpaired) electrons. The molecule has 1 fully saturated rings. The maximum absolute atomic E-state index is 13.0. The van der Waals surface area contributed by atoms with E-state index in [1.165, 1.54) is 36.8 Å². The van der Waals surface area contributed by atoms with E-state index in [4.69, 9.17) is 0 Å². The van der Waals surface area contributed by atoms with Gasteiger partial charge < -0.3 is 10.6 Å².